The molecule has 0 amide bonds. The van der Waals surface area contributed by atoms with Gasteiger partial charge >= 0.3 is 5.97 Å². The molecule has 0 radical (unpaired) electrons. The smallest absolute Gasteiger partial charge is 0.371 e. The van der Waals surface area contributed by atoms with Crippen molar-refractivity contribution in [2.45, 2.75) is 10.6 Å². The number of rotatable bonds is 4. The molecule has 1 heterocycles. The van der Waals surface area contributed by atoms with E-state index in [0.29, 0.717) is 6.07 Å². The molecular formula is C12H8F2O4S. The van der Waals surface area contributed by atoms with E-state index in [1.165, 1.54) is 12.1 Å². The Morgan fingerprint density at radius 3 is 2.58 bits per heavy atom. The van der Waals surface area contributed by atoms with Crippen LogP contribution in [0.25, 0.3) is 0 Å². The SMILES string of the molecule is O=C(O)c1ccc(CS(=O)c2ccc(F)cc2F)o1. The molecule has 1 N–H and O–H groups in total. The molecule has 1 aromatic carbocycles. The van der Waals surface area contributed by atoms with E-state index >= 15 is 0 Å². The first-order valence-electron chi connectivity index (χ1n) is 5.13. The van der Waals surface area contributed by atoms with Gasteiger partial charge in [-0.3, -0.25) is 4.21 Å². The Kier molecular flexibility index (Phi) is 3.75. The Morgan fingerprint density at radius 1 is 1.26 bits per heavy atom. The number of carboxylic acids is 1. The highest BCUT2D eigenvalue weighted by molar-refractivity contribution is 7.84. The summed E-state index contributed by atoms with van der Waals surface area (Å²) in [6, 6.07) is 5.29. The molecule has 19 heavy (non-hydrogen) atoms. The molecule has 2 rings (SSSR count). The van der Waals surface area contributed by atoms with E-state index in [1.54, 1.807) is 0 Å². The summed E-state index contributed by atoms with van der Waals surface area (Å²) in [6.45, 7) is 0. The predicted molar refractivity (Wildman–Crippen MR) is 62.1 cm³/mol. The summed E-state index contributed by atoms with van der Waals surface area (Å²) in [5.41, 5.74) is 0. The number of hydrogen-bond donors (Lipinski definition) is 1. The van der Waals surface area contributed by atoms with Gasteiger partial charge in [0.2, 0.25) is 5.76 Å². The lowest BCUT2D eigenvalue weighted by atomic mass is 10.3. The maximum Gasteiger partial charge on any atom is 0.371 e. The van der Waals surface area contributed by atoms with Crippen LogP contribution < -0.4 is 0 Å². The molecule has 7 heteroatoms. The normalized spacial score (nSPS) is 12.3. The fraction of sp³-hybridized carbons (Fsp3) is 0.0833. The summed E-state index contributed by atoms with van der Waals surface area (Å²) in [6.07, 6.45) is 0. The van der Waals surface area contributed by atoms with Crippen LogP contribution in [0.4, 0.5) is 8.78 Å². The van der Waals surface area contributed by atoms with Crippen LogP contribution in [0.3, 0.4) is 0 Å². The van der Waals surface area contributed by atoms with Crippen molar-refractivity contribution in [3.05, 3.63) is 53.5 Å². The number of hydrogen-bond acceptors (Lipinski definition) is 3. The molecule has 0 spiro atoms. The average Bonchev–Trinajstić information content (AvgIpc) is 2.77. The van der Waals surface area contributed by atoms with Crippen LogP contribution in [0, 0.1) is 11.6 Å². The Bertz CT molecular complexity index is 651. The molecule has 100 valence electrons. The van der Waals surface area contributed by atoms with E-state index in [4.69, 9.17) is 9.52 Å². The highest BCUT2D eigenvalue weighted by Crippen LogP contribution is 2.18. The van der Waals surface area contributed by atoms with Gasteiger partial charge in [-0.2, -0.15) is 0 Å². The lowest BCUT2D eigenvalue weighted by Gasteiger charge is -2.02. The van der Waals surface area contributed by atoms with Crippen LogP contribution in [-0.4, -0.2) is 15.3 Å². The Morgan fingerprint density at radius 2 is 2.00 bits per heavy atom. The quantitative estimate of drug-likeness (QED) is 0.938. The monoisotopic (exact) mass is 286 g/mol. The molecule has 4 nitrogen and oxygen atoms in total. The van der Waals surface area contributed by atoms with Crippen molar-refractivity contribution >= 4 is 16.8 Å². The zero-order valence-corrected chi connectivity index (χ0v) is 10.2. The van der Waals surface area contributed by atoms with Crippen LogP contribution in [-0.2, 0) is 16.6 Å². The first kappa shape index (κ1) is 13.4. The minimum atomic E-state index is -1.78. The number of carbonyl (C=O) groups is 1. The summed E-state index contributed by atoms with van der Waals surface area (Å²) in [7, 11) is -1.78. The van der Waals surface area contributed by atoms with Gasteiger partial charge in [-0.1, -0.05) is 0 Å². The lowest BCUT2D eigenvalue weighted by molar-refractivity contribution is 0.0660. The zero-order valence-electron chi connectivity index (χ0n) is 9.43. The van der Waals surface area contributed by atoms with Gasteiger partial charge < -0.3 is 9.52 Å². The second-order valence-electron chi connectivity index (χ2n) is 3.64. The van der Waals surface area contributed by atoms with Crippen molar-refractivity contribution in [1.82, 2.24) is 0 Å². The number of aromatic carboxylic acids is 1. The number of furan rings is 1. The zero-order chi connectivity index (χ0) is 14.0. The second kappa shape index (κ2) is 5.31. The average molecular weight is 286 g/mol. The van der Waals surface area contributed by atoms with Crippen LogP contribution in [0.1, 0.15) is 16.3 Å². The van der Waals surface area contributed by atoms with Gasteiger partial charge in [-0.05, 0) is 24.3 Å². The maximum atomic E-state index is 13.4. The van der Waals surface area contributed by atoms with E-state index in [0.717, 1.165) is 12.1 Å². The Balaban J connectivity index is 2.18. The third-order valence-electron chi connectivity index (χ3n) is 2.28. The molecule has 1 aromatic heterocycles. The molecule has 0 saturated heterocycles. The molecular weight excluding hydrogens is 278 g/mol. The predicted octanol–water partition coefficient (Wildman–Crippen LogP) is 2.56. The van der Waals surface area contributed by atoms with Gasteiger partial charge in [0.15, 0.2) is 0 Å². The maximum absolute atomic E-state index is 13.4. The Labute approximate surface area is 109 Å². The minimum absolute atomic E-state index is 0.152. The number of benzene rings is 1. The van der Waals surface area contributed by atoms with E-state index in [9.17, 15) is 17.8 Å². The van der Waals surface area contributed by atoms with Crippen LogP contribution in [0.5, 0.6) is 0 Å². The molecule has 0 saturated carbocycles. The summed E-state index contributed by atoms with van der Waals surface area (Å²) < 4.78 is 42.9. The van der Waals surface area contributed by atoms with Gasteiger partial charge in [0.05, 0.1) is 21.4 Å². The molecule has 0 aliphatic rings. The van der Waals surface area contributed by atoms with Gasteiger partial charge in [-0.25, -0.2) is 13.6 Å². The van der Waals surface area contributed by atoms with E-state index in [-0.39, 0.29) is 22.2 Å². The van der Waals surface area contributed by atoms with Gasteiger partial charge in [0.25, 0.3) is 0 Å². The summed E-state index contributed by atoms with van der Waals surface area (Å²) in [5.74, 6) is -3.24. The van der Waals surface area contributed by atoms with Gasteiger partial charge in [-0.15, -0.1) is 0 Å². The summed E-state index contributed by atoms with van der Waals surface area (Å²) in [4.78, 5) is 10.4. The van der Waals surface area contributed by atoms with Crippen LogP contribution in [0.2, 0.25) is 0 Å². The lowest BCUT2D eigenvalue weighted by Crippen LogP contribution is -1.99. The second-order valence-corrected chi connectivity index (χ2v) is 5.06. The summed E-state index contributed by atoms with van der Waals surface area (Å²) >= 11 is 0. The number of carboxylic acid groups (broad SMARTS) is 1. The van der Waals surface area contributed by atoms with Crippen LogP contribution in [0.15, 0.2) is 39.6 Å². The number of halogens is 2. The highest BCUT2D eigenvalue weighted by Gasteiger charge is 2.15. The standard InChI is InChI=1S/C12H8F2O4S/c13-7-1-4-11(9(14)5-7)19(17)6-8-2-3-10(18-8)12(15)16/h1-5H,6H2,(H,15,16). The van der Waals surface area contributed by atoms with Gasteiger partial charge in [0.1, 0.15) is 17.4 Å². The fourth-order valence-electron chi connectivity index (χ4n) is 1.44. The third kappa shape index (κ3) is 3.05. The van der Waals surface area contributed by atoms with E-state index in [1.807, 2.05) is 0 Å². The molecule has 0 aliphatic heterocycles. The van der Waals surface area contributed by atoms with Crippen molar-refractivity contribution in [2.75, 3.05) is 0 Å². The van der Waals surface area contributed by atoms with Crippen molar-refractivity contribution in [1.29, 1.82) is 0 Å². The van der Waals surface area contributed by atoms with E-state index in [2.05, 4.69) is 0 Å². The molecule has 2 aromatic rings. The highest BCUT2D eigenvalue weighted by atomic mass is 32.2. The molecule has 1 atom stereocenters. The molecule has 1 unspecified atom stereocenters. The van der Waals surface area contributed by atoms with Gasteiger partial charge in [0, 0.05) is 6.07 Å². The van der Waals surface area contributed by atoms with E-state index < -0.39 is 28.4 Å². The first-order chi connectivity index (χ1) is 8.97. The van der Waals surface area contributed by atoms with Crippen molar-refractivity contribution in [3.63, 3.8) is 0 Å². The van der Waals surface area contributed by atoms with Crippen molar-refractivity contribution in [2.24, 2.45) is 0 Å². The summed E-state index contributed by atoms with van der Waals surface area (Å²) in [5, 5.41) is 8.65. The fourth-order valence-corrected chi connectivity index (χ4v) is 2.50. The molecule has 0 bridgehead atoms. The third-order valence-corrected chi connectivity index (χ3v) is 3.65. The van der Waals surface area contributed by atoms with Crippen molar-refractivity contribution < 1.29 is 27.3 Å². The topological polar surface area (TPSA) is 67.5 Å². The minimum Gasteiger partial charge on any atom is -0.475 e. The molecule has 0 fully saturated rings. The van der Waals surface area contributed by atoms with Crippen LogP contribution >= 0.6 is 0 Å². The Hall–Kier alpha value is -2.02. The van der Waals surface area contributed by atoms with Crippen molar-refractivity contribution in [3.8, 4) is 0 Å². The first-order valence-corrected chi connectivity index (χ1v) is 6.44. The molecule has 0 aliphatic carbocycles. The largest absolute Gasteiger partial charge is 0.475 e.